The first-order chi connectivity index (χ1) is 12.8. The fourth-order valence-corrected chi connectivity index (χ4v) is 3.77. The molecule has 27 heavy (non-hydrogen) atoms. The lowest BCUT2D eigenvalue weighted by Crippen LogP contribution is -2.36. The summed E-state index contributed by atoms with van der Waals surface area (Å²) in [6, 6.07) is 12.8. The highest BCUT2D eigenvalue weighted by Gasteiger charge is 2.14. The van der Waals surface area contributed by atoms with Gasteiger partial charge in [0.05, 0.1) is 17.1 Å². The summed E-state index contributed by atoms with van der Waals surface area (Å²) < 4.78 is 1.90. The molecule has 0 radical (unpaired) electrons. The number of nitrogens with one attached hydrogen (secondary N) is 1. The van der Waals surface area contributed by atoms with Gasteiger partial charge in [-0.05, 0) is 56.7 Å². The monoisotopic (exact) mass is 382 g/mol. The van der Waals surface area contributed by atoms with Crippen molar-refractivity contribution < 1.29 is 9.59 Å². The molecule has 3 aromatic rings. The van der Waals surface area contributed by atoms with E-state index in [0.717, 1.165) is 21.8 Å². The number of aryl methyl sites for hydroxylation is 2. The number of hydrogen-bond donors (Lipinski definition) is 2. The number of amides is 2. The van der Waals surface area contributed by atoms with Crippen LogP contribution in [0.25, 0.3) is 10.4 Å². The number of aromatic nitrogens is 2. The first kappa shape index (κ1) is 18.8. The molecule has 3 N–H and O–H groups in total. The van der Waals surface area contributed by atoms with Crippen molar-refractivity contribution in [2.75, 3.05) is 0 Å². The third-order valence-corrected chi connectivity index (χ3v) is 5.33. The van der Waals surface area contributed by atoms with Gasteiger partial charge in [-0.15, -0.1) is 11.3 Å². The molecule has 0 aliphatic heterocycles. The normalized spacial score (nSPS) is 12.0. The van der Waals surface area contributed by atoms with Crippen LogP contribution in [0.2, 0.25) is 0 Å². The van der Waals surface area contributed by atoms with Crippen molar-refractivity contribution in [2.45, 2.75) is 33.4 Å². The molecule has 2 aromatic heterocycles. The molecule has 0 aliphatic rings. The van der Waals surface area contributed by atoms with Crippen molar-refractivity contribution in [3.8, 4) is 10.4 Å². The second-order valence-corrected chi connectivity index (χ2v) is 7.68. The average molecular weight is 382 g/mol. The summed E-state index contributed by atoms with van der Waals surface area (Å²) in [5.74, 6) is -0.587. The molecule has 0 fully saturated rings. The smallest absolute Gasteiger partial charge is 0.258 e. The Kier molecular flexibility index (Phi) is 5.41. The molecule has 3 rings (SSSR count). The predicted octanol–water partition coefficient (Wildman–Crippen LogP) is 3.15. The molecule has 0 aliphatic carbocycles. The number of benzene rings is 1. The predicted molar refractivity (Wildman–Crippen MR) is 107 cm³/mol. The van der Waals surface area contributed by atoms with E-state index in [4.69, 9.17) is 5.73 Å². The van der Waals surface area contributed by atoms with Crippen LogP contribution < -0.4 is 11.1 Å². The van der Waals surface area contributed by atoms with Gasteiger partial charge in [0.1, 0.15) is 0 Å². The number of hydrogen-bond acceptors (Lipinski definition) is 4. The van der Waals surface area contributed by atoms with Gasteiger partial charge < -0.3 is 11.1 Å². The lowest BCUT2D eigenvalue weighted by atomic mass is 10.1. The van der Waals surface area contributed by atoms with Crippen molar-refractivity contribution in [3.05, 3.63) is 64.3 Å². The van der Waals surface area contributed by atoms with E-state index in [0.29, 0.717) is 17.0 Å². The molecular weight excluding hydrogens is 360 g/mol. The molecule has 0 spiro atoms. The summed E-state index contributed by atoms with van der Waals surface area (Å²) in [5, 5.41) is 7.44. The SMILES string of the molecule is Cc1cc(C)n(C[C@H](C)NC(=O)c2cccc(-c3ccc(C(N)=O)s3)c2)n1. The Morgan fingerprint density at radius 3 is 2.63 bits per heavy atom. The number of rotatable bonds is 6. The quantitative estimate of drug-likeness (QED) is 0.686. The molecule has 140 valence electrons. The Labute approximate surface area is 162 Å². The van der Waals surface area contributed by atoms with Crippen LogP contribution in [0.5, 0.6) is 0 Å². The third-order valence-electron chi connectivity index (χ3n) is 4.19. The highest BCUT2D eigenvalue weighted by Crippen LogP contribution is 2.28. The lowest BCUT2D eigenvalue weighted by molar-refractivity contribution is 0.0935. The fourth-order valence-electron chi connectivity index (χ4n) is 2.91. The van der Waals surface area contributed by atoms with Crippen LogP contribution in [0.15, 0.2) is 42.5 Å². The molecular formula is C20H22N4O2S. The molecule has 2 amide bonds. The van der Waals surface area contributed by atoms with Gasteiger partial charge >= 0.3 is 0 Å². The topological polar surface area (TPSA) is 90.0 Å². The minimum absolute atomic E-state index is 0.0673. The van der Waals surface area contributed by atoms with Gasteiger partial charge in [0, 0.05) is 22.2 Å². The van der Waals surface area contributed by atoms with Gasteiger partial charge in [-0.3, -0.25) is 14.3 Å². The zero-order chi connectivity index (χ0) is 19.6. The summed E-state index contributed by atoms with van der Waals surface area (Å²) >= 11 is 1.32. The summed E-state index contributed by atoms with van der Waals surface area (Å²) in [6.45, 7) is 6.51. The van der Waals surface area contributed by atoms with Crippen LogP contribution in [0.1, 0.15) is 38.3 Å². The number of carbonyl (C=O) groups is 2. The van der Waals surface area contributed by atoms with E-state index in [1.54, 1.807) is 12.1 Å². The van der Waals surface area contributed by atoms with Crippen molar-refractivity contribution in [3.63, 3.8) is 0 Å². The van der Waals surface area contributed by atoms with Crippen molar-refractivity contribution >= 4 is 23.2 Å². The second-order valence-electron chi connectivity index (χ2n) is 6.59. The van der Waals surface area contributed by atoms with E-state index in [-0.39, 0.29) is 11.9 Å². The van der Waals surface area contributed by atoms with Crippen molar-refractivity contribution in [1.29, 1.82) is 0 Å². The Balaban J connectivity index is 1.71. The minimum Gasteiger partial charge on any atom is -0.365 e. The standard InChI is InChI=1S/C20H22N4O2S/c1-12-9-14(3)24(23-12)11-13(2)22-20(26)16-6-4-5-15(10-16)17-7-8-18(27-17)19(21)25/h4-10,13H,11H2,1-3H3,(H2,21,25)(H,22,26)/t13-/m0/s1. The Morgan fingerprint density at radius 2 is 2.00 bits per heavy atom. The molecule has 1 aromatic carbocycles. The van der Waals surface area contributed by atoms with Gasteiger partial charge in [0.2, 0.25) is 0 Å². The van der Waals surface area contributed by atoms with Crippen LogP contribution in [0, 0.1) is 13.8 Å². The van der Waals surface area contributed by atoms with E-state index in [1.165, 1.54) is 11.3 Å². The molecule has 0 unspecified atom stereocenters. The van der Waals surface area contributed by atoms with E-state index in [9.17, 15) is 9.59 Å². The number of primary amides is 1. The molecule has 0 saturated heterocycles. The number of nitrogens with zero attached hydrogens (tertiary/aromatic N) is 2. The van der Waals surface area contributed by atoms with E-state index < -0.39 is 5.91 Å². The average Bonchev–Trinajstić information content (AvgIpc) is 3.22. The van der Waals surface area contributed by atoms with Crippen molar-refractivity contribution in [2.24, 2.45) is 5.73 Å². The van der Waals surface area contributed by atoms with E-state index >= 15 is 0 Å². The molecule has 7 heteroatoms. The summed E-state index contributed by atoms with van der Waals surface area (Å²) in [5.41, 5.74) is 8.80. The fraction of sp³-hybridized carbons (Fsp3) is 0.250. The summed E-state index contributed by atoms with van der Waals surface area (Å²) in [4.78, 5) is 25.3. The number of carbonyl (C=O) groups excluding carboxylic acids is 2. The Hall–Kier alpha value is -2.93. The molecule has 0 saturated carbocycles. The number of thiophene rings is 1. The highest BCUT2D eigenvalue weighted by atomic mass is 32.1. The first-order valence-corrected chi connectivity index (χ1v) is 9.47. The van der Waals surface area contributed by atoms with E-state index in [2.05, 4.69) is 10.4 Å². The number of nitrogens with two attached hydrogens (primary N) is 1. The molecule has 6 nitrogen and oxygen atoms in total. The van der Waals surface area contributed by atoms with Gasteiger partial charge in [0.15, 0.2) is 0 Å². The zero-order valence-corrected chi connectivity index (χ0v) is 16.3. The minimum atomic E-state index is -0.446. The van der Waals surface area contributed by atoms with Crippen LogP contribution in [0.4, 0.5) is 0 Å². The van der Waals surface area contributed by atoms with Crippen molar-refractivity contribution in [1.82, 2.24) is 15.1 Å². The van der Waals surface area contributed by atoms with Crippen LogP contribution >= 0.6 is 11.3 Å². The largest absolute Gasteiger partial charge is 0.365 e. The second kappa shape index (κ2) is 7.75. The Bertz CT molecular complexity index is 990. The first-order valence-electron chi connectivity index (χ1n) is 8.65. The molecule has 0 bridgehead atoms. The van der Waals surface area contributed by atoms with Gasteiger partial charge in [-0.25, -0.2) is 0 Å². The lowest BCUT2D eigenvalue weighted by Gasteiger charge is -2.15. The maximum atomic E-state index is 12.6. The Morgan fingerprint density at radius 1 is 1.22 bits per heavy atom. The summed E-state index contributed by atoms with van der Waals surface area (Å²) in [7, 11) is 0. The maximum Gasteiger partial charge on any atom is 0.258 e. The zero-order valence-electron chi connectivity index (χ0n) is 15.5. The van der Waals surface area contributed by atoms with Gasteiger partial charge in [-0.2, -0.15) is 5.10 Å². The molecule has 2 heterocycles. The third kappa shape index (κ3) is 4.43. The maximum absolute atomic E-state index is 12.6. The molecule has 1 atom stereocenters. The van der Waals surface area contributed by atoms with Crippen LogP contribution in [-0.2, 0) is 6.54 Å². The van der Waals surface area contributed by atoms with Gasteiger partial charge in [0.25, 0.3) is 11.8 Å². The summed E-state index contributed by atoms with van der Waals surface area (Å²) in [6.07, 6.45) is 0. The van der Waals surface area contributed by atoms with Crippen LogP contribution in [-0.4, -0.2) is 27.6 Å². The van der Waals surface area contributed by atoms with Gasteiger partial charge in [-0.1, -0.05) is 12.1 Å². The van der Waals surface area contributed by atoms with E-state index in [1.807, 2.05) is 55.8 Å². The van der Waals surface area contributed by atoms with Crippen LogP contribution in [0.3, 0.4) is 0 Å². The highest BCUT2D eigenvalue weighted by molar-refractivity contribution is 7.17.